The van der Waals surface area contributed by atoms with Crippen molar-refractivity contribution in [2.24, 2.45) is 0 Å². The quantitative estimate of drug-likeness (QED) is 0.542. The molecule has 0 aliphatic heterocycles. The Morgan fingerprint density at radius 3 is 2.42 bits per heavy atom. The molecule has 1 aromatic heterocycles. The first-order chi connectivity index (χ1) is 14.6. The Hall–Kier alpha value is -2.76. The first kappa shape index (κ1) is 24.5. The van der Waals surface area contributed by atoms with E-state index in [1.54, 1.807) is 20.8 Å². The van der Waals surface area contributed by atoms with Crippen LogP contribution in [0.5, 0.6) is 0 Å². The van der Waals surface area contributed by atoms with Crippen molar-refractivity contribution in [2.75, 3.05) is 25.1 Å². The number of nitrogens with one attached hydrogen (secondary N) is 2. The Morgan fingerprint density at radius 1 is 1.06 bits per heavy atom. The number of carbonyl (C=O) groups is 3. The number of ether oxygens (including phenoxy) is 2. The van der Waals surface area contributed by atoms with Crippen LogP contribution in [0.4, 0.5) is 5.00 Å². The van der Waals surface area contributed by atoms with E-state index in [9.17, 15) is 22.8 Å². The molecule has 1 aromatic carbocycles. The van der Waals surface area contributed by atoms with E-state index in [1.807, 2.05) is 6.92 Å². The minimum absolute atomic E-state index is 0.0122. The van der Waals surface area contributed by atoms with Gasteiger partial charge in [-0.05, 0) is 44.5 Å². The highest BCUT2D eigenvalue weighted by molar-refractivity contribution is 7.89. The van der Waals surface area contributed by atoms with E-state index in [0.29, 0.717) is 10.6 Å². The van der Waals surface area contributed by atoms with Gasteiger partial charge in [0.1, 0.15) is 5.00 Å². The van der Waals surface area contributed by atoms with Crippen molar-refractivity contribution >= 4 is 44.2 Å². The van der Waals surface area contributed by atoms with E-state index in [-0.39, 0.29) is 29.2 Å². The van der Waals surface area contributed by atoms with Crippen LogP contribution < -0.4 is 10.0 Å². The van der Waals surface area contributed by atoms with Crippen LogP contribution in [-0.4, -0.2) is 46.0 Å². The Bertz CT molecular complexity index is 1090. The zero-order valence-electron chi connectivity index (χ0n) is 17.6. The van der Waals surface area contributed by atoms with E-state index in [4.69, 9.17) is 9.47 Å². The number of carbonyl (C=O) groups excluding carboxylic acids is 3. The molecule has 0 fully saturated rings. The molecule has 1 heterocycles. The summed E-state index contributed by atoms with van der Waals surface area (Å²) in [4.78, 5) is 37.5. The van der Waals surface area contributed by atoms with Gasteiger partial charge in [0.05, 0.1) is 22.6 Å². The van der Waals surface area contributed by atoms with Gasteiger partial charge >= 0.3 is 11.9 Å². The van der Waals surface area contributed by atoms with E-state index >= 15 is 0 Å². The van der Waals surface area contributed by atoms with Gasteiger partial charge < -0.3 is 14.8 Å². The molecule has 1 amide bonds. The number of thiophene rings is 1. The summed E-state index contributed by atoms with van der Waals surface area (Å²) in [6, 6.07) is 5.31. The molecular weight excluding hydrogens is 444 g/mol. The number of aryl methyl sites for hydroxylation is 1. The van der Waals surface area contributed by atoms with Crippen LogP contribution in [-0.2, 0) is 24.3 Å². The Morgan fingerprint density at radius 2 is 1.77 bits per heavy atom. The van der Waals surface area contributed by atoms with E-state index in [1.165, 1.54) is 35.6 Å². The topological polar surface area (TPSA) is 128 Å². The van der Waals surface area contributed by atoms with Crippen molar-refractivity contribution in [2.45, 2.75) is 32.6 Å². The molecule has 0 saturated heterocycles. The summed E-state index contributed by atoms with van der Waals surface area (Å²) in [6.07, 6.45) is 0. The van der Waals surface area contributed by atoms with E-state index < -0.39 is 34.5 Å². The third-order valence-electron chi connectivity index (χ3n) is 4.17. The number of esters is 2. The van der Waals surface area contributed by atoms with Gasteiger partial charge in [0.25, 0.3) is 5.91 Å². The molecule has 0 aliphatic carbocycles. The zero-order chi connectivity index (χ0) is 23.2. The summed E-state index contributed by atoms with van der Waals surface area (Å²) in [5.74, 6) is -2.04. The molecule has 2 aromatic rings. The Labute approximate surface area is 184 Å². The number of benzene rings is 1. The molecule has 0 bridgehead atoms. The lowest BCUT2D eigenvalue weighted by Crippen LogP contribution is -2.24. The first-order valence-electron chi connectivity index (χ1n) is 9.44. The summed E-state index contributed by atoms with van der Waals surface area (Å²) in [5, 5.41) is 2.88. The van der Waals surface area contributed by atoms with Gasteiger partial charge in [0.15, 0.2) is 6.61 Å². The number of rotatable bonds is 9. The van der Waals surface area contributed by atoms with Crippen LogP contribution in [0.1, 0.15) is 45.0 Å². The SMILES string of the molecule is CCNS(=O)(=O)c1cccc(C(=O)OCC(=O)Nc2sc(C)c(C)c2C(=O)OCC)c1. The molecule has 0 spiro atoms. The third-order valence-corrected chi connectivity index (χ3v) is 6.83. The van der Waals surface area contributed by atoms with E-state index in [0.717, 1.165) is 4.88 Å². The highest BCUT2D eigenvalue weighted by atomic mass is 32.2. The molecular formula is C20H24N2O7S2. The number of sulfonamides is 1. The minimum Gasteiger partial charge on any atom is -0.462 e. The predicted octanol–water partition coefficient (Wildman–Crippen LogP) is 2.64. The van der Waals surface area contributed by atoms with E-state index in [2.05, 4.69) is 10.0 Å². The second-order valence-corrected chi connectivity index (χ2v) is 9.35. The summed E-state index contributed by atoms with van der Waals surface area (Å²) in [7, 11) is -3.74. The minimum atomic E-state index is -3.74. The second-order valence-electron chi connectivity index (χ2n) is 6.36. The molecule has 2 rings (SSSR count). The fraction of sp³-hybridized carbons (Fsp3) is 0.350. The molecule has 9 nitrogen and oxygen atoms in total. The molecule has 0 atom stereocenters. The van der Waals surface area contributed by atoms with Crippen LogP contribution in [0.15, 0.2) is 29.2 Å². The summed E-state index contributed by atoms with van der Waals surface area (Å²) < 4.78 is 36.5. The van der Waals surface area contributed by atoms with Crippen LogP contribution in [0.25, 0.3) is 0 Å². The average Bonchev–Trinajstić information content (AvgIpc) is 2.99. The maximum Gasteiger partial charge on any atom is 0.341 e. The Balaban J connectivity index is 2.07. The van der Waals surface area contributed by atoms with Gasteiger partial charge in [-0.3, -0.25) is 4.79 Å². The normalized spacial score (nSPS) is 11.1. The molecule has 2 N–H and O–H groups in total. The second kappa shape index (κ2) is 10.5. The monoisotopic (exact) mass is 468 g/mol. The maximum absolute atomic E-state index is 12.3. The molecule has 0 aliphatic rings. The van der Waals surface area contributed by atoms with Crippen molar-refractivity contribution in [3.63, 3.8) is 0 Å². The van der Waals surface area contributed by atoms with Crippen molar-refractivity contribution in [3.05, 3.63) is 45.8 Å². The standard InChI is InChI=1S/C20H24N2O7S2/c1-5-21-31(26,27)15-9-7-8-14(10-15)19(24)29-11-16(23)22-18-17(20(25)28-6-2)12(3)13(4)30-18/h7-10,21H,5-6,11H2,1-4H3,(H,22,23). The predicted molar refractivity (Wildman–Crippen MR) is 116 cm³/mol. The average molecular weight is 469 g/mol. The first-order valence-corrected chi connectivity index (χ1v) is 11.7. The lowest BCUT2D eigenvalue weighted by Gasteiger charge is -2.09. The van der Waals surface area contributed by atoms with Crippen LogP contribution >= 0.6 is 11.3 Å². The van der Waals surface area contributed by atoms with Crippen LogP contribution in [0.2, 0.25) is 0 Å². The fourth-order valence-electron chi connectivity index (χ4n) is 2.60. The van der Waals surface area contributed by atoms with Crippen molar-refractivity contribution in [1.82, 2.24) is 4.72 Å². The molecule has 0 unspecified atom stereocenters. The van der Waals surface area contributed by atoms with Gasteiger partial charge in [-0.2, -0.15) is 0 Å². The van der Waals surface area contributed by atoms with Crippen molar-refractivity contribution in [1.29, 1.82) is 0 Å². The van der Waals surface area contributed by atoms with Crippen molar-refractivity contribution < 1.29 is 32.3 Å². The Kier molecular flexibility index (Phi) is 8.31. The maximum atomic E-state index is 12.3. The summed E-state index contributed by atoms with van der Waals surface area (Å²) in [5.41, 5.74) is 0.960. The molecule has 0 saturated carbocycles. The largest absolute Gasteiger partial charge is 0.462 e. The lowest BCUT2D eigenvalue weighted by atomic mass is 10.1. The number of anilines is 1. The molecule has 168 valence electrons. The van der Waals surface area contributed by atoms with Crippen LogP contribution in [0.3, 0.4) is 0 Å². The summed E-state index contributed by atoms with van der Waals surface area (Å²) in [6.45, 7) is 6.67. The lowest BCUT2D eigenvalue weighted by molar-refractivity contribution is -0.119. The summed E-state index contributed by atoms with van der Waals surface area (Å²) >= 11 is 1.22. The highest BCUT2D eigenvalue weighted by Gasteiger charge is 2.23. The molecule has 31 heavy (non-hydrogen) atoms. The number of hydrogen-bond acceptors (Lipinski definition) is 8. The van der Waals surface area contributed by atoms with Gasteiger partial charge in [-0.1, -0.05) is 13.0 Å². The zero-order valence-corrected chi connectivity index (χ0v) is 19.2. The third kappa shape index (κ3) is 6.12. The van der Waals surface area contributed by atoms with Gasteiger partial charge in [0.2, 0.25) is 10.0 Å². The smallest absolute Gasteiger partial charge is 0.341 e. The van der Waals surface area contributed by atoms with Crippen molar-refractivity contribution in [3.8, 4) is 0 Å². The highest BCUT2D eigenvalue weighted by Crippen LogP contribution is 2.33. The molecule has 11 heteroatoms. The fourth-order valence-corrected chi connectivity index (χ4v) is 4.76. The number of amides is 1. The van der Waals surface area contributed by atoms with Gasteiger partial charge in [-0.15, -0.1) is 11.3 Å². The van der Waals surface area contributed by atoms with Gasteiger partial charge in [-0.25, -0.2) is 22.7 Å². The number of hydrogen-bond donors (Lipinski definition) is 2. The van der Waals surface area contributed by atoms with Gasteiger partial charge in [0, 0.05) is 11.4 Å². The molecule has 0 radical (unpaired) electrons. The van der Waals surface area contributed by atoms with Crippen LogP contribution in [0, 0.1) is 13.8 Å².